The van der Waals surface area contributed by atoms with Gasteiger partial charge in [0.25, 0.3) is 0 Å². The Morgan fingerprint density at radius 2 is 2.22 bits per heavy atom. The minimum absolute atomic E-state index is 0.225. The van der Waals surface area contributed by atoms with Crippen LogP contribution in [0, 0.1) is 6.92 Å². The van der Waals surface area contributed by atoms with Gasteiger partial charge in [-0.1, -0.05) is 12.1 Å². The number of nitrogens with one attached hydrogen (secondary N) is 1. The van der Waals surface area contributed by atoms with Crippen LogP contribution in [0.5, 0.6) is 0 Å². The van der Waals surface area contributed by atoms with Crippen LogP contribution in [-0.4, -0.2) is 23.2 Å². The average molecular weight is 249 g/mol. The highest BCUT2D eigenvalue weighted by atomic mass is 16.5. The number of rotatable bonds is 5. The maximum Gasteiger partial charge on any atom is 0.231 e. The second-order valence-electron chi connectivity index (χ2n) is 4.44. The Kier molecular flexibility index (Phi) is 3.81. The number of likely N-dealkylation sites (N-methyl/N-ethyl adjacent to an activating group) is 1. The van der Waals surface area contributed by atoms with Crippen LogP contribution in [0.1, 0.15) is 37.8 Å². The Labute approximate surface area is 107 Å². The fourth-order valence-electron chi connectivity index (χ4n) is 2.06. The molecule has 0 saturated heterocycles. The summed E-state index contributed by atoms with van der Waals surface area (Å²) in [6.45, 7) is 6.12. The molecule has 0 radical (unpaired) electrons. The summed E-state index contributed by atoms with van der Waals surface area (Å²) in [6, 6.07) is 2.15. The van der Waals surface area contributed by atoms with Crippen LogP contribution in [0.2, 0.25) is 0 Å². The van der Waals surface area contributed by atoms with Crippen LogP contribution < -0.4 is 5.32 Å². The normalized spacial score (nSPS) is 14.7. The molecule has 1 N–H and O–H groups in total. The van der Waals surface area contributed by atoms with Crippen LogP contribution in [0.4, 0.5) is 0 Å². The van der Waals surface area contributed by atoms with E-state index in [1.165, 1.54) is 0 Å². The second kappa shape index (κ2) is 5.35. The minimum Gasteiger partial charge on any atom is -0.469 e. The van der Waals surface area contributed by atoms with Crippen molar-refractivity contribution in [1.82, 2.24) is 15.5 Å². The Morgan fingerprint density at radius 1 is 1.44 bits per heavy atom. The van der Waals surface area contributed by atoms with Gasteiger partial charge in [0.2, 0.25) is 11.7 Å². The van der Waals surface area contributed by atoms with Crippen molar-refractivity contribution < 1.29 is 8.94 Å². The molecule has 5 nitrogen and oxygen atoms in total. The number of nitrogens with zero attached hydrogens (tertiary/aromatic N) is 2. The van der Waals surface area contributed by atoms with E-state index in [0.717, 1.165) is 17.7 Å². The lowest BCUT2D eigenvalue weighted by molar-refractivity contribution is 0.322. The van der Waals surface area contributed by atoms with E-state index < -0.39 is 0 Å². The SMILES string of the molecule is CCC(c1nc(-c2ccoc2C)no1)C(C)NC. The lowest BCUT2D eigenvalue weighted by Crippen LogP contribution is -2.28. The molecule has 98 valence electrons. The van der Waals surface area contributed by atoms with E-state index in [-0.39, 0.29) is 5.92 Å². The summed E-state index contributed by atoms with van der Waals surface area (Å²) in [4.78, 5) is 4.48. The zero-order valence-electron chi connectivity index (χ0n) is 11.2. The van der Waals surface area contributed by atoms with Crippen LogP contribution in [0.3, 0.4) is 0 Å². The molecule has 0 aliphatic rings. The fourth-order valence-corrected chi connectivity index (χ4v) is 2.06. The molecule has 0 spiro atoms. The molecule has 0 saturated carbocycles. The van der Waals surface area contributed by atoms with Crippen molar-refractivity contribution in [3.8, 4) is 11.4 Å². The van der Waals surface area contributed by atoms with E-state index in [1.54, 1.807) is 6.26 Å². The summed E-state index contributed by atoms with van der Waals surface area (Å²) in [5.74, 6) is 2.30. The molecule has 0 aromatic carbocycles. The molecular weight excluding hydrogens is 230 g/mol. The molecule has 2 aromatic heterocycles. The van der Waals surface area contributed by atoms with E-state index in [1.807, 2.05) is 20.0 Å². The van der Waals surface area contributed by atoms with Gasteiger partial charge in [0, 0.05) is 6.04 Å². The summed E-state index contributed by atoms with van der Waals surface area (Å²) < 4.78 is 10.6. The molecule has 2 rings (SSSR count). The Balaban J connectivity index is 2.27. The molecule has 0 aliphatic heterocycles. The summed E-state index contributed by atoms with van der Waals surface area (Å²) >= 11 is 0. The molecular formula is C13H19N3O2. The second-order valence-corrected chi connectivity index (χ2v) is 4.44. The van der Waals surface area contributed by atoms with Gasteiger partial charge in [-0.15, -0.1) is 0 Å². The highest BCUT2D eigenvalue weighted by Gasteiger charge is 2.23. The molecule has 2 unspecified atom stereocenters. The first-order chi connectivity index (χ1) is 8.67. The molecule has 0 fully saturated rings. The van der Waals surface area contributed by atoms with Crippen LogP contribution in [0.25, 0.3) is 11.4 Å². The van der Waals surface area contributed by atoms with Gasteiger partial charge in [-0.2, -0.15) is 4.98 Å². The molecule has 2 aromatic rings. The Bertz CT molecular complexity index is 504. The van der Waals surface area contributed by atoms with Crippen molar-refractivity contribution in [2.45, 2.75) is 39.2 Å². The van der Waals surface area contributed by atoms with Crippen molar-refractivity contribution >= 4 is 0 Å². The predicted molar refractivity (Wildman–Crippen MR) is 68.3 cm³/mol. The third kappa shape index (κ3) is 2.31. The highest BCUT2D eigenvalue weighted by molar-refractivity contribution is 5.56. The zero-order valence-corrected chi connectivity index (χ0v) is 11.2. The third-order valence-corrected chi connectivity index (χ3v) is 3.36. The maximum atomic E-state index is 5.38. The van der Waals surface area contributed by atoms with Gasteiger partial charge in [0.15, 0.2) is 0 Å². The number of hydrogen-bond donors (Lipinski definition) is 1. The lowest BCUT2D eigenvalue weighted by Gasteiger charge is -2.17. The van der Waals surface area contributed by atoms with E-state index in [9.17, 15) is 0 Å². The molecule has 0 amide bonds. The highest BCUT2D eigenvalue weighted by Crippen LogP contribution is 2.26. The summed E-state index contributed by atoms with van der Waals surface area (Å²) in [6.07, 6.45) is 2.59. The smallest absolute Gasteiger partial charge is 0.231 e. The van der Waals surface area contributed by atoms with Gasteiger partial charge in [0.1, 0.15) is 5.76 Å². The average Bonchev–Trinajstić information content (AvgIpc) is 2.98. The van der Waals surface area contributed by atoms with Gasteiger partial charge < -0.3 is 14.3 Å². The van der Waals surface area contributed by atoms with Gasteiger partial charge in [-0.25, -0.2) is 0 Å². The van der Waals surface area contributed by atoms with E-state index in [0.29, 0.717) is 17.8 Å². The number of aromatic nitrogens is 2. The third-order valence-electron chi connectivity index (χ3n) is 3.36. The fraction of sp³-hybridized carbons (Fsp3) is 0.538. The van der Waals surface area contributed by atoms with Gasteiger partial charge in [-0.3, -0.25) is 0 Å². The molecule has 0 bridgehead atoms. The van der Waals surface area contributed by atoms with Crippen molar-refractivity contribution in [3.05, 3.63) is 24.0 Å². The summed E-state index contributed by atoms with van der Waals surface area (Å²) in [5.41, 5.74) is 0.886. The number of aryl methyl sites for hydroxylation is 1. The lowest BCUT2D eigenvalue weighted by atomic mass is 9.98. The Hall–Kier alpha value is -1.62. The van der Waals surface area contributed by atoms with Gasteiger partial charge in [-0.05, 0) is 33.4 Å². The largest absolute Gasteiger partial charge is 0.469 e. The van der Waals surface area contributed by atoms with Crippen LogP contribution in [-0.2, 0) is 0 Å². The van der Waals surface area contributed by atoms with Crippen LogP contribution in [0.15, 0.2) is 21.3 Å². The van der Waals surface area contributed by atoms with Gasteiger partial charge >= 0.3 is 0 Å². The van der Waals surface area contributed by atoms with Crippen molar-refractivity contribution in [2.24, 2.45) is 0 Å². The first kappa shape index (κ1) is 12.8. The molecule has 0 aliphatic carbocycles. The summed E-state index contributed by atoms with van der Waals surface area (Å²) in [5, 5.41) is 7.25. The van der Waals surface area contributed by atoms with E-state index in [2.05, 4.69) is 29.3 Å². The minimum atomic E-state index is 0.225. The monoisotopic (exact) mass is 249 g/mol. The standard InChI is InChI=1S/C13H19N3O2/c1-5-10(8(2)14-4)13-15-12(16-18-13)11-6-7-17-9(11)3/h6-8,10,14H,5H2,1-4H3. The maximum absolute atomic E-state index is 5.38. The number of hydrogen-bond acceptors (Lipinski definition) is 5. The first-order valence-electron chi connectivity index (χ1n) is 6.22. The van der Waals surface area contributed by atoms with Crippen LogP contribution >= 0.6 is 0 Å². The van der Waals surface area contributed by atoms with E-state index >= 15 is 0 Å². The molecule has 18 heavy (non-hydrogen) atoms. The van der Waals surface area contributed by atoms with Crippen molar-refractivity contribution in [1.29, 1.82) is 0 Å². The zero-order chi connectivity index (χ0) is 13.1. The topological polar surface area (TPSA) is 64.1 Å². The predicted octanol–water partition coefficient (Wildman–Crippen LogP) is 2.74. The van der Waals surface area contributed by atoms with E-state index in [4.69, 9.17) is 8.94 Å². The van der Waals surface area contributed by atoms with Crippen molar-refractivity contribution in [3.63, 3.8) is 0 Å². The Morgan fingerprint density at radius 3 is 2.78 bits per heavy atom. The van der Waals surface area contributed by atoms with Crippen molar-refractivity contribution in [2.75, 3.05) is 7.05 Å². The number of furan rings is 1. The first-order valence-corrected chi connectivity index (χ1v) is 6.22. The summed E-state index contributed by atoms with van der Waals surface area (Å²) in [7, 11) is 1.94. The van der Waals surface area contributed by atoms with Gasteiger partial charge in [0.05, 0.1) is 17.7 Å². The molecule has 5 heteroatoms. The molecule has 2 heterocycles. The molecule has 2 atom stereocenters. The quantitative estimate of drug-likeness (QED) is 0.882.